The smallest absolute Gasteiger partial charge is 0.323 e. The van der Waals surface area contributed by atoms with Crippen LogP contribution in [0.3, 0.4) is 0 Å². The lowest BCUT2D eigenvalue weighted by Crippen LogP contribution is -2.43. The van der Waals surface area contributed by atoms with Gasteiger partial charge in [0, 0.05) is 24.8 Å². The number of rotatable bonds is 6. The Labute approximate surface area is 199 Å². The highest BCUT2D eigenvalue weighted by molar-refractivity contribution is 7.19. The van der Waals surface area contributed by atoms with Crippen molar-refractivity contribution in [2.24, 2.45) is 0 Å². The quantitative estimate of drug-likeness (QED) is 0.379. The second kappa shape index (κ2) is 9.28. The van der Waals surface area contributed by atoms with E-state index in [2.05, 4.69) is 25.6 Å². The maximum absolute atomic E-state index is 12.2. The molecule has 2 N–H and O–H groups in total. The maximum Gasteiger partial charge on any atom is 0.323 e. The van der Waals surface area contributed by atoms with Crippen LogP contribution in [-0.4, -0.2) is 33.4 Å². The van der Waals surface area contributed by atoms with Crippen LogP contribution < -0.4 is 20.3 Å². The molecule has 0 aliphatic carbocycles. The summed E-state index contributed by atoms with van der Waals surface area (Å²) >= 11 is 1.48. The number of aryl methyl sites for hydroxylation is 1. The van der Waals surface area contributed by atoms with Crippen LogP contribution in [0.1, 0.15) is 12.0 Å². The molecule has 10 heteroatoms. The highest BCUT2D eigenvalue weighted by Gasteiger charge is 2.27. The topological polar surface area (TPSA) is 109 Å². The molecule has 0 radical (unpaired) electrons. The van der Waals surface area contributed by atoms with Crippen LogP contribution in [0.25, 0.3) is 10.4 Å². The molecule has 2 aromatic heterocycles. The van der Waals surface area contributed by atoms with Crippen LogP contribution >= 0.6 is 11.3 Å². The Bertz CT molecular complexity index is 1340. The van der Waals surface area contributed by atoms with Crippen molar-refractivity contribution >= 4 is 39.8 Å². The first kappa shape index (κ1) is 21.5. The number of nitrogens with one attached hydrogen (secondary N) is 2. The van der Waals surface area contributed by atoms with E-state index < -0.39 is 0 Å². The van der Waals surface area contributed by atoms with Gasteiger partial charge < -0.3 is 15.4 Å². The third kappa shape index (κ3) is 4.71. The van der Waals surface area contributed by atoms with E-state index in [0.717, 1.165) is 33.4 Å². The standard InChI is InChI=1S/C24H20N6O3S/c1-15-4-2-3-5-19(15)29-22(32)28-17-12-25-23(26-13-17)33-18-8-6-16(7-9-18)20-14-27-24(34-20)30-11-10-21(30)31/h2-9,12-14H,10-11H2,1H3,(H2,28,29,32). The largest absolute Gasteiger partial charge is 0.424 e. The lowest BCUT2D eigenvalue weighted by atomic mass is 10.2. The third-order valence-corrected chi connectivity index (χ3v) is 6.27. The Kier molecular flexibility index (Phi) is 5.88. The lowest BCUT2D eigenvalue weighted by Gasteiger charge is -2.27. The fraction of sp³-hybridized carbons (Fsp3) is 0.125. The second-order valence-corrected chi connectivity index (χ2v) is 8.59. The van der Waals surface area contributed by atoms with Crippen molar-refractivity contribution < 1.29 is 14.3 Å². The van der Waals surface area contributed by atoms with Crippen molar-refractivity contribution in [2.45, 2.75) is 13.3 Å². The number of amides is 3. The molecule has 1 saturated heterocycles. The normalized spacial score (nSPS) is 12.7. The van der Waals surface area contributed by atoms with Crippen molar-refractivity contribution in [1.82, 2.24) is 15.0 Å². The zero-order chi connectivity index (χ0) is 23.5. The molecular formula is C24H20N6O3S. The summed E-state index contributed by atoms with van der Waals surface area (Å²) in [5.74, 6) is 0.683. The summed E-state index contributed by atoms with van der Waals surface area (Å²) in [6.07, 6.45) is 5.31. The van der Waals surface area contributed by atoms with Crippen LogP contribution in [0.4, 0.5) is 21.3 Å². The number of benzene rings is 2. The Morgan fingerprint density at radius 1 is 1.00 bits per heavy atom. The molecule has 0 unspecified atom stereocenters. The SMILES string of the molecule is Cc1ccccc1NC(=O)Nc1cnc(Oc2ccc(-c3cnc(N4CCC4=O)s3)cc2)nc1. The van der Waals surface area contributed by atoms with E-state index in [-0.39, 0.29) is 17.9 Å². The zero-order valence-corrected chi connectivity index (χ0v) is 19.0. The molecule has 1 aliphatic heterocycles. The van der Waals surface area contributed by atoms with Gasteiger partial charge in [-0.1, -0.05) is 29.5 Å². The zero-order valence-electron chi connectivity index (χ0n) is 18.2. The Balaban J connectivity index is 1.18. The van der Waals surface area contributed by atoms with Crippen molar-refractivity contribution in [3.63, 3.8) is 0 Å². The van der Waals surface area contributed by atoms with Gasteiger partial charge in [0.15, 0.2) is 5.13 Å². The van der Waals surface area contributed by atoms with Gasteiger partial charge in [-0.15, -0.1) is 0 Å². The van der Waals surface area contributed by atoms with E-state index in [1.165, 1.54) is 23.7 Å². The third-order valence-electron chi connectivity index (χ3n) is 5.20. The summed E-state index contributed by atoms with van der Waals surface area (Å²) in [4.78, 5) is 39.1. The highest BCUT2D eigenvalue weighted by Crippen LogP contribution is 2.34. The predicted molar refractivity (Wildman–Crippen MR) is 130 cm³/mol. The van der Waals surface area contributed by atoms with Gasteiger partial charge in [-0.05, 0) is 48.4 Å². The van der Waals surface area contributed by atoms with Crippen molar-refractivity contribution in [2.75, 3.05) is 22.1 Å². The minimum Gasteiger partial charge on any atom is -0.424 e. The molecule has 3 amide bonds. The molecule has 34 heavy (non-hydrogen) atoms. The number of hydrogen-bond acceptors (Lipinski definition) is 7. The summed E-state index contributed by atoms with van der Waals surface area (Å²) < 4.78 is 5.71. The fourth-order valence-electron chi connectivity index (χ4n) is 3.26. The number of ether oxygens (including phenoxy) is 1. The first-order chi connectivity index (χ1) is 16.5. The molecule has 3 heterocycles. The molecule has 2 aromatic carbocycles. The monoisotopic (exact) mass is 472 g/mol. The number of para-hydroxylation sites is 1. The number of carbonyl (C=O) groups is 2. The van der Waals surface area contributed by atoms with Gasteiger partial charge in [0.2, 0.25) is 5.91 Å². The number of hydrogen-bond donors (Lipinski definition) is 2. The molecule has 1 fully saturated rings. The Hall–Kier alpha value is -4.31. The molecule has 170 valence electrons. The molecule has 4 aromatic rings. The van der Waals surface area contributed by atoms with Crippen molar-refractivity contribution in [3.05, 3.63) is 72.7 Å². The number of nitrogens with zero attached hydrogens (tertiary/aromatic N) is 4. The summed E-state index contributed by atoms with van der Waals surface area (Å²) in [6, 6.07) is 14.7. The van der Waals surface area contributed by atoms with Gasteiger partial charge in [0.05, 0.1) is 23.0 Å². The molecule has 1 aliphatic rings. The average molecular weight is 473 g/mol. The molecular weight excluding hydrogens is 452 g/mol. The van der Waals surface area contributed by atoms with Gasteiger partial charge in [-0.25, -0.2) is 19.7 Å². The molecule has 0 atom stereocenters. The maximum atomic E-state index is 12.2. The Morgan fingerprint density at radius 2 is 1.76 bits per heavy atom. The minimum atomic E-state index is -0.383. The van der Waals surface area contributed by atoms with E-state index in [4.69, 9.17) is 4.74 Å². The molecule has 0 bridgehead atoms. The van der Waals surface area contributed by atoms with E-state index in [1.54, 1.807) is 11.1 Å². The van der Waals surface area contributed by atoms with Gasteiger partial charge in [-0.3, -0.25) is 9.69 Å². The van der Waals surface area contributed by atoms with Crippen LogP contribution in [-0.2, 0) is 4.79 Å². The minimum absolute atomic E-state index is 0.109. The first-order valence-corrected chi connectivity index (χ1v) is 11.4. The van der Waals surface area contributed by atoms with Gasteiger partial charge in [0.1, 0.15) is 5.75 Å². The van der Waals surface area contributed by atoms with Crippen LogP contribution in [0.5, 0.6) is 11.8 Å². The summed E-state index contributed by atoms with van der Waals surface area (Å²) in [6.45, 7) is 2.64. The van der Waals surface area contributed by atoms with Crippen molar-refractivity contribution in [3.8, 4) is 22.2 Å². The van der Waals surface area contributed by atoms with E-state index in [1.807, 2.05) is 55.5 Å². The number of anilines is 3. The van der Waals surface area contributed by atoms with E-state index in [9.17, 15) is 9.59 Å². The van der Waals surface area contributed by atoms with Gasteiger partial charge in [0.25, 0.3) is 0 Å². The Morgan fingerprint density at radius 3 is 2.44 bits per heavy atom. The second-order valence-electron chi connectivity index (χ2n) is 7.58. The fourth-order valence-corrected chi connectivity index (χ4v) is 4.23. The summed E-state index contributed by atoms with van der Waals surface area (Å²) in [5, 5.41) is 6.21. The number of thiazole rings is 1. The highest BCUT2D eigenvalue weighted by atomic mass is 32.1. The number of β-lactam (4-membered cyclic amide) rings is 1. The predicted octanol–water partition coefficient (Wildman–Crippen LogP) is 5.08. The summed E-state index contributed by atoms with van der Waals surface area (Å²) in [7, 11) is 0. The lowest BCUT2D eigenvalue weighted by molar-refractivity contribution is -0.122. The van der Waals surface area contributed by atoms with E-state index in [0.29, 0.717) is 17.9 Å². The van der Waals surface area contributed by atoms with Gasteiger partial charge in [-0.2, -0.15) is 0 Å². The molecule has 0 spiro atoms. The molecule has 9 nitrogen and oxygen atoms in total. The molecule has 5 rings (SSSR count). The van der Waals surface area contributed by atoms with Crippen molar-refractivity contribution in [1.29, 1.82) is 0 Å². The number of aromatic nitrogens is 3. The number of carbonyl (C=O) groups excluding carboxylic acids is 2. The van der Waals surface area contributed by atoms with Gasteiger partial charge >= 0.3 is 12.0 Å². The first-order valence-electron chi connectivity index (χ1n) is 10.6. The summed E-state index contributed by atoms with van der Waals surface area (Å²) in [5.41, 5.74) is 3.11. The molecule has 0 saturated carbocycles. The average Bonchev–Trinajstić information content (AvgIpc) is 3.30. The van der Waals surface area contributed by atoms with Crippen LogP contribution in [0.2, 0.25) is 0 Å². The van der Waals surface area contributed by atoms with Crippen LogP contribution in [0.15, 0.2) is 67.1 Å². The van der Waals surface area contributed by atoms with E-state index >= 15 is 0 Å². The number of urea groups is 1. The van der Waals surface area contributed by atoms with Crippen LogP contribution in [0, 0.1) is 6.92 Å².